The van der Waals surface area contributed by atoms with Crippen LogP contribution in [0.2, 0.25) is 0 Å². The van der Waals surface area contributed by atoms with E-state index in [-0.39, 0.29) is 155 Å². The number of benzene rings is 5. The molecule has 0 spiro atoms. The van der Waals surface area contributed by atoms with E-state index in [1.165, 1.54) is 57.3 Å². The van der Waals surface area contributed by atoms with Gasteiger partial charge in [0.25, 0.3) is 0 Å². The van der Waals surface area contributed by atoms with Crippen LogP contribution in [0.15, 0.2) is 151 Å². The molecule has 0 saturated heterocycles. The first-order valence-electron chi connectivity index (χ1n) is 19.8. The zero-order valence-corrected chi connectivity index (χ0v) is 45.6. The van der Waals surface area contributed by atoms with Crippen LogP contribution in [0.3, 0.4) is 0 Å². The minimum Gasteiger partial charge on any atom is -1.00 e. The van der Waals surface area contributed by atoms with Crippen LogP contribution in [0, 0.1) is 23.7 Å². The molecular weight excluding hydrogens is 740 g/mol. The van der Waals surface area contributed by atoms with Crippen molar-refractivity contribution in [1.29, 1.82) is 0 Å². The molecule has 8 atom stereocenters. The van der Waals surface area contributed by atoms with Gasteiger partial charge in [-0.1, -0.05) is 189 Å². The molecule has 5 aromatic rings. The molecule has 0 fully saturated rings. The molecule has 0 saturated carbocycles. The summed E-state index contributed by atoms with van der Waals surface area (Å²) in [5.41, 5.74) is 14.8. The molecule has 0 aliphatic heterocycles. The van der Waals surface area contributed by atoms with E-state index in [2.05, 4.69) is 184 Å². The number of hydrogen-bond acceptors (Lipinski definition) is 0. The molecular formula is C52H55Na5. The van der Waals surface area contributed by atoms with Crippen LogP contribution in [0.1, 0.15) is 114 Å². The zero-order chi connectivity index (χ0) is 35.0. The molecule has 57 heavy (non-hydrogen) atoms. The van der Waals surface area contributed by atoms with E-state index >= 15 is 0 Å². The van der Waals surface area contributed by atoms with Crippen LogP contribution in [0.25, 0.3) is 24.3 Å². The third kappa shape index (κ3) is 10.5. The van der Waals surface area contributed by atoms with Crippen LogP contribution in [0.5, 0.6) is 0 Å². The molecule has 0 bridgehead atoms. The maximum Gasteiger partial charge on any atom is 1.00 e. The fourth-order valence-corrected chi connectivity index (χ4v) is 10.7. The van der Waals surface area contributed by atoms with Crippen molar-refractivity contribution in [1.82, 2.24) is 0 Å². The molecule has 0 amide bonds. The van der Waals surface area contributed by atoms with Crippen molar-refractivity contribution in [2.75, 3.05) is 0 Å². The summed E-state index contributed by atoms with van der Waals surface area (Å²) >= 11 is 0. The molecule has 0 heterocycles. The van der Waals surface area contributed by atoms with Crippen LogP contribution in [-0.2, 0) is 6.42 Å². The Kier molecular flexibility index (Phi) is 20.0. The second kappa shape index (κ2) is 22.9. The molecule has 0 nitrogen and oxygen atoms in total. The van der Waals surface area contributed by atoms with E-state index in [1.54, 1.807) is 11.1 Å². The average Bonchev–Trinajstić information content (AvgIpc) is 4.00. The van der Waals surface area contributed by atoms with Gasteiger partial charge in [0.15, 0.2) is 0 Å². The Morgan fingerprint density at radius 3 is 1.46 bits per heavy atom. The van der Waals surface area contributed by atoms with E-state index in [1.807, 2.05) is 0 Å². The number of allylic oxidation sites excluding steroid dienone is 4. The molecule has 8 unspecified atom stereocenters. The predicted octanol–water partition coefficient (Wildman–Crippen LogP) is -0.901. The summed E-state index contributed by atoms with van der Waals surface area (Å²) in [5, 5.41) is 0. The van der Waals surface area contributed by atoms with Gasteiger partial charge >= 0.3 is 148 Å². The largest absolute Gasteiger partial charge is 1.00 e. The minimum absolute atomic E-state index is 0. The topological polar surface area (TPSA) is 0 Å². The Morgan fingerprint density at radius 2 is 0.912 bits per heavy atom. The minimum atomic E-state index is 0. The molecule has 9 rings (SSSR count). The normalized spacial score (nSPS) is 20.7. The number of rotatable bonds is 12. The summed E-state index contributed by atoms with van der Waals surface area (Å²) in [6, 6.07) is 48.1. The van der Waals surface area contributed by atoms with Crippen LogP contribution in [0.4, 0.5) is 0 Å². The van der Waals surface area contributed by atoms with E-state index in [9.17, 15) is 0 Å². The summed E-state index contributed by atoms with van der Waals surface area (Å²) in [5.74, 6) is 3.63. The summed E-state index contributed by atoms with van der Waals surface area (Å²) < 4.78 is 0. The summed E-state index contributed by atoms with van der Waals surface area (Å²) in [4.78, 5) is 0. The smallest absolute Gasteiger partial charge is 1.00 e. The summed E-state index contributed by atoms with van der Waals surface area (Å²) in [7, 11) is 0. The van der Waals surface area contributed by atoms with Crippen molar-refractivity contribution < 1.29 is 155 Å². The SMILES string of the molecule is CCC1=Cc2ccccc2C1C(CC(CC(Cc1ccccc1)C1C=Cc2ccccc21)C1C=Cc2ccccc21)C(C)C1C=Cc2ccccc21.[H-].[H-].[H-].[H-].[H-].[Na+].[Na+].[Na+].[Na+].[Na+]. The first kappa shape index (κ1) is 49.7. The first-order chi connectivity index (χ1) is 25.7. The van der Waals surface area contributed by atoms with Gasteiger partial charge < -0.3 is 7.13 Å². The van der Waals surface area contributed by atoms with Gasteiger partial charge in [-0.05, 0) is 99.4 Å². The second-order valence-corrected chi connectivity index (χ2v) is 15.9. The fraction of sp³-hybridized carbons (Fsp3) is 0.269. The molecule has 0 aromatic heterocycles. The van der Waals surface area contributed by atoms with Gasteiger partial charge in [0, 0.05) is 23.7 Å². The van der Waals surface area contributed by atoms with Gasteiger partial charge in [-0.25, -0.2) is 0 Å². The van der Waals surface area contributed by atoms with Gasteiger partial charge in [-0.15, -0.1) is 0 Å². The number of fused-ring (bicyclic) bond motifs is 4. The van der Waals surface area contributed by atoms with Crippen molar-refractivity contribution in [3.63, 3.8) is 0 Å². The first-order valence-corrected chi connectivity index (χ1v) is 19.8. The Morgan fingerprint density at radius 1 is 0.474 bits per heavy atom. The summed E-state index contributed by atoms with van der Waals surface area (Å²) in [6.45, 7) is 4.97. The standard InChI is InChI=1S/C52H50.5Na.5H/c1-3-37-32-41-20-10-14-24-50(41)52(37)51(35(2)44-28-25-38-17-7-11-21-45(38)44)34-43(49-30-27-40-19-9-13-23-47(40)49)33-42(31-36-15-5-4-6-16-36)48-29-26-39-18-8-12-22-46(39)48;;;;;;;;;;/h4-30,32,35,42-44,48-49,51-52H,3,31,33-34H2,1-2H3;;;;;;;;;;/q;5*+1;5*-1. The van der Waals surface area contributed by atoms with Gasteiger partial charge in [-0.3, -0.25) is 0 Å². The Balaban J connectivity index is 0. The van der Waals surface area contributed by atoms with Crippen molar-refractivity contribution in [2.24, 2.45) is 23.7 Å². The molecule has 0 radical (unpaired) electrons. The van der Waals surface area contributed by atoms with E-state index in [4.69, 9.17) is 0 Å². The van der Waals surface area contributed by atoms with Gasteiger partial charge in [0.2, 0.25) is 0 Å². The van der Waals surface area contributed by atoms with Crippen LogP contribution >= 0.6 is 0 Å². The number of hydrogen-bond donors (Lipinski definition) is 0. The van der Waals surface area contributed by atoms with Crippen molar-refractivity contribution in [3.05, 3.63) is 201 Å². The molecule has 268 valence electrons. The van der Waals surface area contributed by atoms with E-state index < -0.39 is 0 Å². The third-order valence-corrected chi connectivity index (χ3v) is 13.2. The van der Waals surface area contributed by atoms with E-state index in [0.717, 1.165) is 12.8 Å². The quantitative estimate of drug-likeness (QED) is 0.144. The Bertz CT molecular complexity index is 2220. The zero-order valence-electron chi connectivity index (χ0n) is 40.6. The van der Waals surface area contributed by atoms with Crippen molar-refractivity contribution in [2.45, 2.75) is 63.2 Å². The molecule has 5 aromatic carbocycles. The maximum atomic E-state index is 2.59. The predicted molar refractivity (Wildman–Crippen MR) is 227 cm³/mol. The van der Waals surface area contributed by atoms with Gasteiger partial charge in [0.1, 0.15) is 0 Å². The molecule has 0 N–H and O–H groups in total. The van der Waals surface area contributed by atoms with Crippen molar-refractivity contribution >= 4 is 24.3 Å². The second-order valence-electron chi connectivity index (χ2n) is 15.9. The van der Waals surface area contributed by atoms with Crippen molar-refractivity contribution in [3.8, 4) is 0 Å². The molecule has 5 heteroatoms. The van der Waals surface area contributed by atoms with Gasteiger partial charge in [0.05, 0.1) is 0 Å². The summed E-state index contributed by atoms with van der Waals surface area (Å²) in [6.07, 6.45) is 21.9. The third-order valence-electron chi connectivity index (χ3n) is 13.2. The molecule has 4 aliphatic carbocycles. The average molecular weight is 795 g/mol. The fourth-order valence-electron chi connectivity index (χ4n) is 10.7. The maximum absolute atomic E-state index is 2.59. The Hall–Kier alpha value is 0.0600. The monoisotopic (exact) mass is 794 g/mol. The van der Waals surface area contributed by atoms with E-state index in [0.29, 0.717) is 47.3 Å². The van der Waals surface area contributed by atoms with Crippen LogP contribution < -0.4 is 148 Å². The molecule has 4 aliphatic rings. The Labute approximate surface area is 460 Å². The van der Waals surface area contributed by atoms with Crippen LogP contribution in [-0.4, -0.2) is 0 Å². The van der Waals surface area contributed by atoms with Gasteiger partial charge in [-0.2, -0.15) is 0 Å².